The van der Waals surface area contributed by atoms with Gasteiger partial charge in [-0.1, -0.05) is 35.3 Å². The number of hydrogen-bond donors (Lipinski definition) is 0. The molecule has 1 amide bonds. The molecular weight excluding hydrogens is 519 g/mol. The average molecular weight is 542 g/mol. The van der Waals surface area contributed by atoms with Crippen LogP contribution in [0.15, 0.2) is 50.8 Å². The third-order valence-electron chi connectivity index (χ3n) is 4.34. The zero-order chi connectivity index (χ0) is 22.7. The van der Waals surface area contributed by atoms with Gasteiger partial charge >= 0.3 is 0 Å². The summed E-state index contributed by atoms with van der Waals surface area (Å²) in [4.78, 5) is 19.9. The maximum absolute atomic E-state index is 12.9. The molecule has 1 aliphatic rings. The van der Waals surface area contributed by atoms with Gasteiger partial charge < -0.3 is 4.74 Å². The SMILES string of the molecule is CC(C)N=C1S/C(=C/c2cc(Cl)c(OCc3ccc(Cl)cc3)c(Br)c2)C(=O)N1C(C)C. The van der Waals surface area contributed by atoms with Gasteiger partial charge in [-0.15, -0.1) is 0 Å². The van der Waals surface area contributed by atoms with Crippen LogP contribution in [0.2, 0.25) is 10.0 Å². The van der Waals surface area contributed by atoms with Gasteiger partial charge in [0.05, 0.1) is 14.4 Å². The monoisotopic (exact) mass is 540 g/mol. The minimum Gasteiger partial charge on any atom is -0.486 e. The second-order valence-electron chi connectivity index (χ2n) is 7.61. The molecule has 4 nitrogen and oxygen atoms in total. The van der Waals surface area contributed by atoms with Crippen molar-refractivity contribution in [1.29, 1.82) is 0 Å². The lowest BCUT2D eigenvalue weighted by Crippen LogP contribution is -2.35. The third kappa shape index (κ3) is 6.07. The molecule has 0 unspecified atom stereocenters. The summed E-state index contributed by atoms with van der Waals surface area (Å²) in [5.41, 5.74) is 1.79. The molecule has 0 atom stereocenters. The first-order chi connectivity index (χ1) is 14.7. The predicted molar refractivity (Wildman–Crippen MR) is 135 cm³/mol. The molecule has 1 saturated heterocycles. The van der Waals surface area contributed by atoms with E-state index in [1.54, 1.807) is 11.0 Å². The lowest BCUT2D eigenvalue weighted by Gasteiger charge is -2.20. The van der Waals surface area contributed by atoms with E-state index in [1.165, 1.54) is 11.8 Å². The lowest BCUT2D eigenvalue weighted by atomic mass is 10.2. The van der Waals surface area contributed by atoms with Crippen molar-refractivity contribution >= 4 is 68.0 Å². The van der Waals surface area contributed by atoms with Gasteiger partial charge in [-0.05, 0) is 96.9 Å². The number of ether oxygens (including phenoxy) is 1. The van der Waals surface area contributed by atoms with Gasteiger partial charge in [-0.2, -0.15) is 0 Å². The van der Waals surface area contributed by atoms with Gasteiger partial charge in [0.15, 0.2) is 10.9 Å². The quantitative estimate of drug-likeness (QED) is 0.357. The van der Waals surface area contributed by atoms with E-state index < -0.39 is 0 Å². The molecule has 0 N–H and O–H groups in total. The van der Waals surface area contributed by atoms with Gasteiger partial charge in [0.2, 0.25) is 0 Å². The lowest BCUT2D eigenvalue weighted by molar-refractivity contribution is -0.123. The van der Waals surface area contributed by atoms with Crippen LogP contribution in [0.4, 0.5) is 0 Å². The van der Waals surface area contributed by atoms with Crippen LogP contribution in [-0.4, -0.2) is 28.1 Å². The molecule has 0 aliphatic carbocycles. The van der Waals surface area contributed by atoms with E-state index in [0.29, 0.717) is 31.8 Å². The van der Waals surface area contributed by atoms with Gasteiger partial charge in [-0.3, -0.25) is 14.7 Å². The first kappa shape index (κ1) is 24.2. The van der Waals surface area contributed by atoms with Crippen LogP contribution >= 0.6 is 50.9 Å². The molecule has 0 bridgehead atoms. The molecular formula is C23H23BrCl2N2O2S. The number of thioether (sulfide) groups is 1. The van der Waals surface area contributed by atoms with Gasteiger partial charge in [-0.25, -0.2) is 0 Å². The molecule has 164 valence electrons. The molecule has 2 aromatic carbocycles. The van der Waals surface area contributed by atoms with Crippen molar-refractivity contribution in [2.45, 2.75) is 46.4 Å². The molecule has 31 heavy (non-hydrogen) atoms. The average Bonchev–Trinajstić information content (AvgIpc) is 2.96. The molecule has 1 fully saturated rings. The van der Waals surface area contributed by atoms with Crippen LogP contribution in [0.25, 0.3) is 6.08 Å². The van der Waals surface area contributed by atoms with Crippen molar-refractivity contribution in [2.75, 3.05) is 0 Å². The highest BCUT2D eigenvalue weighted by atomic mass is 79.9. The summed E-state index contributed by atoms with van der Waals surface area (Å²) < 4.78 is 6.62. The molecule has 3 rings (SSSR count). The fraction of sp³-hybridized carbons (Fsp3) is 0.304. The second kappa shape index (κ2) is 10.4. The Hall–Kier alpha value is -1.47. The highest BCUT2D eigenvalue weighted by Gasteiger charge is 2.35. The van der Waals surface area contributed by atoms with E-state index in [-0.39, 0.29) is 18.0 Å². The molecule has 1 heterocycles. The van der Waals surface area contributed by atoms with Gasteiger partial charge in [0.1, 0.15) is 6.61 Å². The standard InChI is InChI=1S/C23H23BrCl2N2O2S/c1-13(2)27-23-28(14(3)4)22(29)20(31-23)11-16-9-18(24)21(19(26)10-16)30-12-15-5-7-17(25)8-6-15/h5-11,13-14H,12H2,1-4H3/b20-11+,27-23?. The zero-order valence-corrected chi connectivity index (χ0v) is 21.6. The molecule has 8 heteroatoms. The van der Waals surface area contributed by atoms with Crippen LogP contribution in [0, 0.1) is 0 Å². The number of nitrogens with zero attached hydrogens (tertiary/aromatic N) is 2. The Kier molecular flexibility index (Phi) is 8.14. The summed E-state index contributed by atoms with van der Waals surface area (Å²) in [6.07, 6.45) is 1.84. The van der Waals surface area contributed by atoms with Crippen LogP contribution in [0.3, 0.4) is 0 Å². The van der Waals surface area contributed by atoms with Gasteiger partial charge in [0, 0.05) is 17.1 Å². The third-order valence-corrected chi connectivity index (χ3v) is 6.46. The van der Waals surface area contributed by atoms with Crippen molar-refractivity contribution < 1.29 is 9.53 Å². The van der Waals surface area contributed by atoms with E-state index in [9.17, 15) is 4.79 Å². The smallest absolute Gasteiger partial charge is 0.266 e. The maximum atomic E-state index is 12.9. The van der Waals surface area contributed by atoms with E-state index in [4.69, 9.17) is 27.9 Å². The Labute approximate surface area is 205 Å². The highest BCUT2D eigenvalue weighted by molar-refractivity contribution is 9.10. The Morgan fingerprint density at radius 1 is 1.16 bits per heavy atom. The molecule has 0 aromatic heterocycles. The number of rotatable bonds is 6. The number of carbonyl (C=O) groups excluding carboxylic acids is 1. The number of benzene rings is 2. The van der Waals surface area contributed by atoms with Crippen molar-refractivity contribution in [3.63, 3.8) is 0 Å². The van der Waals surface area contributed by atoms with E-state index >= 15 is 0 Å². The Balaban J connectivity index is 1.83. The second-order valence-corrected chi connectivity index (χ2v) is 10.3. The minimum atomic E-state index is -0.0466. The number of amidine groups is 1. The first-order valence-electron chi connectivity index (χ1n) is 9.83. The summed E-state index contributed by atoms with van der Waals surface area (Å²) in [6.45, 7) is 8.33. The number of aliphatic imine (C=N–C) groups is 1. The Bertz CT molecular complexity index is 1010. The topological polar surface area (TPSA) is 41.9 Å². The maximum Gasteiger partial charge on any atom is 0.266 e. The van der Waals surface area contributed by atoms with Crippen LogP contribution in [-0.2, 0) is 11.4 Å². The van der Waals surface area contributed by atoms with E-state index in [1.807, 2.05) is 64.1 Å². The van der Waals surface area contributed by atoms with Gasteiger partial charge in [0.25, 0.3) is 5.91 Å². The van der Waals surface area contributed by atoms with Crippen molar-refractivity contribution in [2.24, 2.45) is 4.99 Å². The Morgan fingerprint density at radius 2 is 1.84 bits per heavy atom. The first-order valence-corrected chi connectivity index (χ1v) is 12.2. The Morgan fingerprint density at radius 3 is 2.42 bits per heavy atom. The number of halogens is 3. The fourth-order valence-electron chi connectivity index (χ4n) is 2.94. The minimum absolute atomic E-state index is 0.0300. The highest BCUT2D eigenvalue weighted by Crippen LogP contribution is 2.38. The summed E-state index contributed by atoms with van der Waals surface area (Å²) in [7, 11) is 0. The summed E-state index contributed by atoms with van der Waals surface area (Å²) in [5.74, 6) is 0.504. The predicted octanol–water partition coefficient (Wildman–Crippen LogP) is 7.42. The van der Waals surface area contributed by atoms with Crippen LogP contribution in [0.5, 0.6) is 5.75 Å². The van der Waals surface area contributed by atoms with E-state index in [0.717, 1.165) is 16.3 Å². The number of carbonyl (C=O) groups is 1. The molecule has 2 aromatic rings. The summed E-state index contributed by atoms with van der Waals surface area (Å²) in [5, 5.41) is 1.87. The van der Waals surface area contributed by atoms with Crippen LogP contribution < -0.4 is 4.74 Å². The van der Waals surface area contributed by atoms with Crippen molar-refractivity contribution in [3.05, 3.63) is 66.9 Å². The van der Waals surface area contributed by atoms with E-state index in [2.05, 4.69) is 20.9 Å². The number of hydrogen-bond acceptors (Lipinski definition) is 4. The van der Waals surface area contributed by atoms with Crippen molar-refractivity contribution in [3.8, 4) is 5.75 Å². The van der Waals surface area contributed by atoms with Crippen molar-refractivity contribution in [1.82, 2.24) is 4.90 Å². The number of amides is 1. The fourth-order valence-corrected chi connectivity index (χ4v) is 5.29. The summed E-state index contributed by atoms with van der Waals surface area (Å²) >= 11 is 17.4. The molecule has 0 spiro atoms. The largest absolute Gasteiger partial charge is 0.486 e. The van der Waals surface area contributed by atoms with Crippen LogP contribution in [0.1, 0.15) is 38.8 Å². The normalized spacial score (nSPS) is 16.9. The molecule has 1 aliphatic heterocycles. The zero-order valence-electron chi connectivity index (χ0n) is 17.7. The summed E-state index contributed by atoms with van der Waals surface area (Å²) in [6, 6.07) is 11.3. The molecule has 0 saturated carbocycles. The molecule has 0 radical (unpaired) electrons.